The van der Waals surface area contributed by atoms with Crippen LogP contribution < -0.4 is 5.32 Å². The predicted molar refractivity (Wildman–Crippen MR) is 64.0 cm³/mol. The summed E-state index contributed by atoms with van der Waals surface area (Å²) in [5.41, 5.74) is 0. The molecule has 1 aromatic rings. The van der Waals surface area contributed by atoms with Gasteiger partial charge in [-0.1, -0.05) is 32.6 Å². The van der Waals surface area contributed by atoms with Crippen molar-refractivity contribution in [2.75, 3.05) is 13.1 Å². The number of rotatable bonds is 9. The van der Waals surface area contributed by atoms with Crippen LogP contribution in [0.2, 0.25) is 0 Å². The second-order valence-corrected chi connectivity index (χ2v) is 3.99. The standard InChI is InChI=1S/C13H23NO/c1-2-3-4-5-6-10-14-11-9-13-8-7-12-15-13/h7-8,12,14H,2-6,9-11H2,1H3. The van der Waals surface area contributed by atoms with Crippen LogP contribution in [-0.4, -0.2) is 13.1 Å². The first-order valence-corrected chi connectivity index (χ1v) is 6.16. The molecule has 1 heterocycles. The van der Waals surface area contributed by atoms with Crippen LogP contribution in [0, 0.1) is 0 Å². The molecule has 0 bridgehead atoms. The van der Waals surface area contributed by atoms with Crippen molar-refractivity contribution in [3.05, 3.63) is 24.2 Å². The summed E-state index contributed by atoms with van der Waals surface area (Å²) < 4.78 is 5.25. The first kappa shape index (κ1) is 12.3. The summed E-state index contributed by atoms with van der Waals surface area (Å²) in [7, 11) is 0. The fourth-order valence-corrected chi connectivity index (χ4v) is 1.64. The van der Waals surface area contributed by atoms with Gasteiger partial charge >= 0.3 is 0 Å². The Kier molecular flexibility index (Phi) is 7.01. The smallest absolute Gasteiger partial charge is 0.105 e. The van der Waals surface area contributed by atoms with Gasteiger partial charge in [0.05, 0.1) is 6.26 Å². The monoisotopic (exact) mass is 209 g/mol. The van der Waals surface area contributed by atoms with Crippen LogP contribution in [0.4, 0.5) is 0 Å². The van der Waals surface area contributed by atoms with Gasteiger partial charge in [-0.15, -0.1) is 0 Å². The molecule has 0 aliphatic rings. The Balaban J connectivity index is 1.81. The third-order valence-corrected chi connectivity index (χ3v) is 2.59. The summed E-state index contributed by atoms with van der Waals surface area (Å²) in [5.74, 6) is 1.08. The molecule has 1 aromatic heterocycles. The van der Waals surface area contributed by atoms with Crippen molar-refractivity contribution < 1.29 is 4.42 Å². The molecule has 0 fully saturated rings. The molecule has 1 rings (SSSR count). The molecule has 1 N–H and O–H groups in total. The summed E-state index contributed by atoms with van der Waals surface area (Å²) >= 11 is 0. The lowest BCUT2D eigenvalue weighted by molar-refractivity contribution is 0.495. The van der Waals surface area contributed by atoms with Crippen LogP contribution in [-0.2, 0) is 6.42 Å². The SMILES string of the molecule is CCCCCCCNCCc1ccco1. The molecular formula is C13H23NO. The lowest BCUT2D eigenvalue weighted by Crippen LogP contribution is -2.18. The van der Waals surface area contributed by atoms with Gasteiger partial charge in [-0.3, -0.25) is 0 Å². The summed E-state index contributed by atoms with van der Waals surface area (Å²) in [4.78, 5) is 0. The topological polar surface area (TPSA) is 25.2 Å². The summed E-state index contributed by atoms with van der Waals surface area (Å²) in [6.07, 6.45) is 9.50. The number of nitrogens with one attached hydrogen (secondary N) is 1. The summed E-state index contributed by atoms with van der Waals surface area (Å²) in [5, 5.41) is 3.44. The molecule has 2 heteroatoms. The Morgan fingerprint density at radius 2 is 2.00 bits per heavy atom. The van der Waals surface area contributed by atoms with Crippen LogP contribution in [0.5, 0.6) is 0 Å². The van der Waals surface area contributed by atoms with Gasteiger partial charge in [0.2, 0.25) is 0 Å². The lowest BCUT2D eigenvalue weighted by Gasteiger charge is -2.03. The Morgan fingerprint density at radius 1 is 1.13 bits per heavy atom. The second kappa shape index (κ2) is 8.54. The second-order valence-electron chi connectivity index (χ2n) is 3.99. The molecule has 0 aromatic carbocycles. The zero-order chi connectivity index (χ0) is 10.8. The minimum absolute atomic E-state index is 1.00. The van der Waals surface area contributed by atoms with Crippen LogP contribution in [0.3, 0.4) is 0 Å². The number of furan rings is 1. The third-order valence-electron chi connectivity index (χ3n) is 2.59. The van der Waals surface area contributed by atoms with Gasteiger partial charge in [-0.2, -0.15) is 0 Å². The van der Waals surface area contributed by atoms with E-state index < -0.39 is 0 Å². The van der Waals surface area contributed by atoms with Gasteiger partial charge in [0.15, 0.2) is 0 Å². The highest BCUT2D eigenvalue weighted by Crippen LogP contribution is 2.02. The van der Waals surface area contributed by atoms with Gasteiger partial charge in [0.1, 0.15) is 5.76 Å². The van der Waals surface area contributed by atoms with E-state index in [1.807, 2.05) is 12.1 Å². The molecule has 0 aliphatic heterocycles. The number of hydrogen-bond donors (Lipinski definition) is 1. The van der Waals surface area contributed by atoms with E-state index in [1.165, 1.54) is 32.1 Å². The van der Waals surface area contributed by atoms with Crippen molar-refractivity contribution >= 4 is 0 Å². The summed E-state index contributed by atoms with van der Waals surface area (Å²) in [6.45, 7) is 4.42. The van der Waals surface area contributed by atoms with Crippen molar-refractivity contribution in [1.82, 2.24) is 5.32 Å². The molecule has 0 aliphatic carbocycles. The maximum atomic E-state index is 5.25. The van der Waals surface area contributed by atoms with Gasteiger partial charge in [0, 0.05) is 13.0 Å². The molecular weight excluding hydrogens is 186 g/mol. The highest BCUT2D eigenvalue weighted by atomic mass is 16.3. The molecule has 0 amide bonds. The van der Waals surface area contributed by atoms with E-state index in [9.17, 15) is 0 Å². The van der Waals surface area contributed by atoms with Crippen molar-refractivity contribution in [2.24, 2.45) is 0 Å². The maximum Gasteiger partial charge on any atom is 0.105 e. The quantitative estimate of drug-likeness (QED) is 0.631. The third kappa shape index (κ3) is 6.34. The first-order valence-electron chi connectivity index (χ1n) is 6.16. The lowest BCUT2D eigenvalue weighted by atomic mass is 10.1. The summed E-state index contributed by atoms with van der Waals surface area (Å²) in [6, 6.07) is 3.98. The maximum absolute atomic E-state index is 5.25. The van der Waals surface area contributed by atoms with Crippen LogP contribution in [0.1, 0.15) is 44.8 Å². The van der Waals surface area contributed by atoms with E-state index in [0.29, 0.717) is 0 Å². The van der Waals surface area contributed by atoms with E-state index in [-0.39, 0.29) is 0 Å². The van der Waals surface area contributed by atoms with Crippen LogP contribution >= 0.6 is 0 Å². The molecule has 0 radical (unpaired) electrons. The van der Waals surface area contributed by atoms with E-state index in [2.05, 4.69) is 12.2 Å². The average Bonchev–Trinajstić information content (AvgIpc) is 2.75. The molecule has 0 unspecified atom stereocenters. The average molecular weight is 209 g/mol. The van der Waals surface area contributed by atoms with Crippen molar-refractivity contribution in [3.63, 3.8) is 0 Å². The van der Waals surface area contributed by atoms with E-state index >= 15 is 0 Å². The minimum atomic E-state index is 1.00. The van der Waals surface area contributed by atoms with Gasteiger partial charge < -0.3 is 9.73 Å². The Morgan fingerprint density at radius 3 is 2.73 bits per heavy atom. The molecule has 86 valence electrons. The van der Waals surface area contributed by atoms with Crippen LogP contribution in [0.25, 0.3) is 0 Å². The highest BCUT2D eigenvalue weighted by Gasteiger charge is 1.94. The Bertz CT molecular complexity index is 218. The van der Waals surface area contributed by atoms with E-state index in [0.717, 1.165) is 25.3 Å². The normalized spacial score (nSPS) is 10.7. The fraction of sp³-hybridized carbons (Fsp3) is 0.692. The number of unbranched alkanes of at least 4 members (excludes halogenated alkanes) is 4. The molecule has 0 saturated carbocycles. The Labute approximate surface area is 93.1 Å². The van der Waals surface area contributed by atoms with Gasteiger partial charge in [-0.05, 0) is 25.1 Å². The Hall–Kier alpha value is -0.760. The fourth-order valence-electron chi connectivity index (χ4n) is 1.64. The van der Waals surface area contributed by atoms with Crippen LogP contribution in [0.15, 0.2) is 22.8 Å². The zero-order valence-electron chi connectivity index (χ0n) is 9.80. The predicted octanol–water partition coefficient (Wildman–Crippen LogP) is 3.38. The molecule has 0 atom stereocenters. The van der Waals surface area contributed by atoms with Crippen molar-refractivity contribution in [3.8, 4) is 0 Å². The molecule has 0 spiro atoms. The zero-order valence-corrected chi connectivity index (χ0v) is 9.80. The van der Waals surface area contributed by atoms with E-state index in [4.69, 9.17) is 4.42 Å². The van der Waals surface area contributed by atoms with Gasteiger partial charge in [-0.25, -0.2) is 0 Å². The van der Waals surface area contributed by atoms with Gasteiger partial charge in [0.25, 0.3) is 0 Å². The number of hydrogen-bond acceptors (Lipinski definition) is 2. The van der Waals surface area contributed by atoms with Crippen molar-refractivity contribution in [1.29, 1.82) is 0 Å². The largest absolute Gasteiger partial charge is 0.469 e. The van der Waals surface area contributed by atoms with E-state index in [1.54, 1.807) is 6.26 Å². The van der Waals surface area contributed by atoms with Crippen molar-refractivity contribution in [2.45, 2.75) is 45.4 Å². The molecule has 2 nitrogen and oxygen atoms in total. The minimum Gasteiger partial charge on any atom is -0.469 e. The molecule has 0 saturated heterocycles. The molecule has 15 heavy (non-hydrogen) atoms. The first-order chi connectivity index (χ1) is 7.43. The highest BCUT2D eigenvalue weighted by molar-refractivity contribution is 4.98.